The molecule has 0 spiro atoms. The van der Waals surface area contributed by atoms with Crippen molar-refractivity contribution in [2.45, 2.75) is 33.0 Å². The Morgan fingerprint density at radius 3 is 2.81 bits per heavy atom. The Bertz CT molecular complexity index is 572. The van der Waals surface area contributed by atoms with E-state index in [4.69, 9.17) is 0 Å². The smallest absolute Gasteiger partial charge is 0.141 e. The van der Waals surface area contributed by atoms with Gasteiger partial charge in [0.1, 0.15) is 11.6 Å². The van der Waals surface area contributed by atoms with Gasteiger partial charge in [-0.3, -0.25) is 4.98 Å². The van der Waals surface area contributed by atoms with Crippen LogP contribution in [0.4, 0.5) is 10.2 Å². The van der Waals surface area contributed by atoms with Crippen molar-refractivity contribution in [2.75, 3.05) is 11.9 Å². The number of hydrogen-bond donors (Lipinski definition) is 1. The van der Waals surface area contributed by atoms with E-state index in [1.165, 1.54) is 12.3 Å². The predicted molar refractivity (Wildman–Crippen MR) is 82.5 cm³/mol. The topological polar surface area (TPSA) is 41.1 Å². The molecule has 0 aliphatic rings. The molecule has 0 saturated heterocycles. The van der Waals surface area contributed by atoms with Crippen molar-refractivity contribution in [3.63, 3.8) is 0 Å². The third kappa shape index (κ3) is 4.49. The zero-order valence-electron chi connectivity index (χ0n) is 12.7. The second kappa shape index (κ2) is 7.13. The molecule has 0 aliphatic heterocycles. The van der Waals surface area contributed by atoms with E-state index in [-0.39, 0.29) is 5.82 Å². The van der Waals surface area contributed by atoms with Crippen LogP contribution in [0, 0.1) is 5.82 Å². The van der Waals surface area contributed by atoms with Crippen molar-refractivity contribution in [1.82, 2.24) is 15.3 Å². The minimum atomic E-state index is -0.311. The van der Waals surface area contributed by atoms with Crippen LogP contribution in [0.5, 0.6) is 0 Å². The van der Waals surface area contributed by atoms with Gasteiger partial charge in [0.15, 0.2) is 0 Å². The predicted octanol–water partition coefficient (Wildman–Crippen LogP) is 2.75. The normalized spacial score (nSPS) is 10.9. The van der Waals surface area contributed by atoms with E-state index in [0.29, 0.717) is 19.1 Å². The Morgan fingerprint density at radius 1 is 1.33 bits per heavy atom. The van der Waals surface area contributed by atoms with E-state index in [1.807, 2.05) is 30.3 Å². The summed E-state index contributed by atoms with van der Waals surface area (Å²) in [4.78, 5) is 10.4. The fraction of sp³-hybridized carbons (Fsp3) is 0.375. The number of anilines is 1. The second-order valence-corrected chi connectivity index (χ2v) is 5.39. The monoisotopic (exact) mass is 288 g/mol. The molecule has 2 heterocycles. The van der Waals surface area contributed by atoms with Gasteiger partial charge in [-0.2, -0.15) is 0 Å². The highest BCUT2D eigenvalue weighted by atomic mass is 19.1. The van der Waals surface area contributed by atoms with E-state index in [9.17, 15) is 4.39 Å². The zero-order valence-corrected chi connectivity index (χ0v) is 12.7. The standard InChI is InChI=1S/C16H21FN4/c1-12(2)19-9-14-7-15(17)10-20-16(14)21(3)11-13-5-4-6-18-8-13/h4-8,10,12,19H,9,11H2,1-3H3. The molecule has 0 aromatic carbocycles. The zero-order chi connectivity index (χ0) is 15.2. The SMILES string of the molecule is CC(C)NCc1cc(F)cnc1N(C)Cc1cccnc1. The minimum Gasteiger partial charge on any atom is -0.355 e. The molecule has 2 aromatic heterocycles. The molecule has 0 unspecified atom stereocenters. The molecule has 0 amide bonds. The molecule has 0 saturated carbocycles. The van der Waals surface area contributed by atoms with Crippen molar-refractivity contribution in [3.05, 3.63) is 53.7 Å². The van der Waals surface area contributed by atoms with Gasteiger partial charge in [0.2, 0.25) is 0 Å². The lowest BCUT2D eigenvalue weighted by Crippen LogP contribution is -2.25. The molecular weight excluding hydrogens is 267 g/mol. The van der Waals surface area contributed by atoms with Crippen molar-refractivity contribution < 1.29 is 4.39 Å². The third-order valence-electron chi connectivity index (χ3n) is 3.11. The molecule has 5 heteroatoms. The molecule has 0 atom stereocenters. The van der Waals surface area contributed by atoms with E-state index in [2.05, 4.69) is 29.1 Å². The lowest BCUT2D eigenvalue weighted by Gasteiger charge is -2.22. The Labute approximate surface area is 125 Å². The quantitative estimate of drug-likeness (QED) is 0.887. The molecule has 2 aromatic rings. The number of hydrogen-bond acceptors (Lipinski definition) is 4. The first kappa shape index (κ1) is 15.4. The number of aromatic nitrogens is 2. The molecule has 0 aliphatic carbocycles. The largest absolute Gasteiger partial charge is 0.355 e. The molecule has 112 valence electrons. The number of nitrogens with one attached hydrogen (secondary N) is 1. The molecule has 21 heavy (non-hydrogen) atoms. The minimum absolute atomic E-state index is 0.311. The third-order valence-corrected chi connectivity index (χ3v) is 3.11. The Balaban J connectivity index is 2.17. The van der Waals surface area contributed by atoms with E-state index >= 15 is 0 Å². The number of pyridine rings is 2. The maximum atomic E-state index is 13.4. The number of nitrogens with zero attached hydrogens (tertiary/aromatic N) is 3. The summed E-state index contributed by atoms with van der Waals surface area (Å²) in [6, 6.07) is 5.80. The van der Waals surface area contributed by atoms with Crippen molar-refractivity contribution in [1.29, 1.82) is 0 Å². The highest BCUT2D eigenvalue weighted by Gasteiger charge is 2.11. The molecular formula is C16H21FN4. The fourth-order valence-corrected chi connectivity index (χ4v) is 2.10. The molecule has 0 fully saturated rings. The van der Waals surface area contributed by atoms with Gasteiger partial charge < -0.3 is 10.2 Å². The van der Waals surface area contributed by atoms with Crippen LogP contribution in [0.25, 0.3) is 0 Å². The van der Waals surface area contributed by atoms with Crippen molar-refractivity contribution >= 4 is 5.82 Å². The van der Waals surface area contributed by atoms with Crippen LogP contribution in [0.1, 0.15) is 25.0 Å². The van der Waals surface area contributed by atoms with E-state index < -0.39 is 0 Å². The lowest BCUT2D eigenvalue weighted by atomic mass is 10.2. The second-order valence-electron chi connectivity index (χ2n) is 5.39. The van der Waals surface area contributed by atoms with Gasteiger partial charge in [-0.15, -0.1) is 0 Å². The summed E-state index contributed by atoms with van der Waals surface area (Å²) in [7, 11) is 1.95. The number of rotatable bonds is 6. The summed E-state index contributed by atoms with van der Waals surface area (Å²) in [6.45, 7) is 5.40. The van der Waals surface area contributed by atoms with Crippen LogP contribution >= 0.6 is 0 Å². The van der Waals surface area contributed by atoms with Gasteiger partial charge in [-0.25, -0.2) is 9.37 Å². The average Bonchev–Trinajstić information content (AvgIpc) is 2.46. The van der Waals surface area contributed by atoms with Crippen molar-refractivity contribution in [2.24, 2.45) is 0 Å². The summed E-state index contributed by atoms with van der Waals surface area (Å²) in [5, 5.41) is 3.30. The summed E-state index contributed by atoms with van der Waals surface area (Å²) in [6.07, 6.45) is 4.83. The number of halogens is 1. The Morgan fingerprint density at radius 2 is 2.14 bits per heavy atom. The van der Waals surface area contributed by atoms with Gasteiger partial charge in [-0.05, 0) is 17.7 Å². The highest BCUT2D eigenvalue weighted by Crippen LogP contribution is 2.19. The molecule has 1 N–H and O–H groups in total. The fourth-order valence-electron chi connectivity index (χ4n) is 2.10. The van der Waals surface area contributed by atoms with E-state index in [0.717, 1.165) is 16.9 Å². The summed E-state index contributed by atoms with van der Waals surface area (Å²) in [5.41, 5.74) is 1.95. The first-order valence-electron chi connectivity index (χ1n) is 7.04. The summed E-state index contributed by atoms with van der Waals surface area (Å²) < 4.78 is 13.4. The molecule has 2 rings (SSSR count). The van der Waals surface area contributed by atoms with Crippen LogP contribution in [-0.2, 0) is 13.1 Å². The van der Waals surface area contributed by atoms with Crippen LogP contribution in [0.3, 0.4) is 0 Å². The average molecular weight is 288 g/mol. The van der Waals surface area contributed by atoms with Gasteiger partial charge in [-0.1, -0.05) is 19.9 Å². The van der Waals surface area contributed by atoms with E-state index in [1.54, 1.807) is 6.20 Å². The van der Waals surface area contributed by atoms with Crippen LogP contribution in [-0.4, -0.2) is 23.1 Å². The molecule has 4 nitrogen and oxygen atoms in total. The maximum absolute atomic E-state index is 13.4. The van der Waals surface area contributed by atoms with Crippen LogP contribution in [0.15, 0.2) is 36.8 Å². The van der Waals surface area contributed by atoms with Crippen LogP contribution in [0.2, 0.25) is 0 Å². The first-order valence-corrected chi connectivity index (χ1v) is 7.04. The highest BCUT2D eigenvalue weighted by molar-refractivity contribution is 5.46. The summed E-state index contributed by atoms with van der Waals surface area (Å²) >= 11 is 0. The van der Waals surface area contributed by atoms with Gasteiger partial charge in [0.25, 0.3) is 0 Å². The maximum Gasteiger partial charge on any atom is 0.141 e. The lowest BCUT2D eigenvalue weighted by molar-refractivity contribution is 0.577. The Hall–Kier alpha value is -2.01. The van der Waals surface area contributed by atoms with Crippen LogP contribution < -0.4 is 10.2 Å². The summed E-state index contributed by atoms with van der Waals surface area (Å²) in [5.74, 6) is 0.475. The van der Waals surface area contributed by atoms with Gasteiger partial charge in [0, 0.05) is 44.1 Å². The molecule has 0 radical (unpaired) electrons. The van der Waals surface area contributed by atoms with Gasteiger partial charge >= 0.3 is 0 Å². The Kier molecular flexibility index (Phi) is 5.22. The first-order chi connectivity index (χ1) is 10.1. The van der Waals surface area contributed by atoms with Gasteiger partial charge in [0.05, 0.1) is 6.20 Å². The van der Waals surface area contributed by atoms with Crippen molar-refractivity contribution in [3.8, 4) is 0 Å². The molecule has 0 bridgehead atoms.